The van der Waals surface area contributed by atoms with E-state index in [1.807, 2.05) is 0 Å². The largest absolute Gasteiger partial charge is 0.480 e. The van der Waals surface area contributed by atoms with E-state index in [4.69, 9.17) is 10.5 Å². The van der Waals surface area contributed by atoms with Gasteiger partial charge in [0.05, 0.1) is 10.6 Å². The molecule has 14 heteroatoms. The van der Waals surface area contributed by atoms with Crippen molar-refractivity contribution in [2.24, 2.45) is 5.73 Å². The molecule has 1 aromatic heterocycles. The number of β-lactam (4-membered cyclic amide) rings is 1. The molecule has 0 spiro atoms. The number of likely N-dealkylation sites (tertiary alicyclic amines) is 1. The van der Waals surface area contributed by atoms with Gasteiger partial charge in [0, 0.05) is 50.7 Å². The van der Waals surface area contributed by atoms with E-state index in [9.17, 15) is 27.9 Å². The van der Waals surface area contributed by atoms with Gasteiger partial charge >= 0.3 is 12.1 Å². The van der Waals surface area contributed by atoms with Crippen LogP contribution in [-0.4, -0.2) is 101 Å². The van der Waals surface area contributed by atoms with E-state index in [1.54, 1.807) is 36.1 Å². The first kappa shape index (κ1) is 28.8. The van der Waals surface area contributed by atoms with Crippen LogP contribution < -0.4 is 15.8 Å². The van der Waals surface area contributed by atoms with Crippen molar-refractivity contribution in [3.05, 3.63) is 54.4 Å². The van der Waals surface area contributed by atoms with E-state index in [2.05, 4.69) is 10.3 Å². The summed E-state index contributed by atoms with van der Waals surface area (Å²) in [5.41, 5.74) is 6.71. The number of carboxylic acids is 1. The smallest absolute Gasteiger partial charge is 0.415 e. The number of benzene rings is 1. The molecule has 3 heterocycles. The van der Waals surface area contributed by atoms with Crippen molar-refractivity contribution in [1.82, 2.24) is 20.1 Å². The molecule has 2 fully saturated rings. The fraction of sp³-hybridized carbons (Fsp3) is 0.440. The number of ether oxygens (including phenoxy) is 1. The average Bonchev–Trinajstić information content (AvgIpc) is 2.94. The molecule has 39 heavy (non-hydrogen) atoms. The average molecular weight is 578 g/mol. The third kappa shape index (κ3) is 6.35. The Morgan fingerprint density at radius 3 is 2.56 bits per heavy atom. The Kier molecular flexibility index (Phi) is 8.79. The molecule has 0 radical (unpaired) electrons. The van der Waals surface area contributed by atoms with E-state index in [0.29, 0.717) is 37.5 Å². The Morgan fingerprint density at radius 1 is 1.26 bits per heavy atom. The number of aliphatic carboxylic acids is 1. The zero-order valence-corrected chi connectivity index (χ0v) is 23.0. The van der Waals surface area contributed by atoms with Gasteiger partial charge in [-0.05, 0) is 36.8 Å². The highest BCUT2D eigenvalue weighted by atomic mass is 32.2. The predicted octanol–water partition coefficient (Wildman–Crippen LogP) is 0.574. The minimum absolute atomic E-state index is 0.00997. The lowest BCUT2D eigenvalue weighted by Gasteiger charge is -2.56. The van der Waals surface area contributed by atoms with Crippen molar-refractivity contribution in [1.29, 1.82) is 0 Å². The number of carboxylic acid groups (broad SMARTS) is 1. The lowest BCUT2D eigenvalue weighted by Crippen LogP contribution is -2.78. The van der Waals surface area contributed by atoms with Crippen molar-refractivity contribution < 1.29 is 32.6 Å². The van der Waals surface area contributed by atoms with Crippen LogP contribution in [0.1, 0.15) is 12.5 Å². The van der Waals surface area contributed by atoms with Gasteiger partial charge in [-0.1, -0.05) is 12.1 Å². The summed E-state index contributed by atoms with van der Waals surface area (Å²) < 4.78 is 30.7. The van der Waals surface area contributed by atoms with E-state index in [1.165, 1.54) is 29.4 Å². The quantitative estimate of drug-likeness (QED) is 0.337. The van der Waals surface area contributed by atoms with Crippen LogP contribution in [0.3, 0.4) is 0 Å². The van der Waals surface area contributed by atoms with Crippen LogP contribution in [0.25, 0.3) is 0 Å². The van der Waals surface area contributed by atoms with Gasteiger partial charge in [0.1, 0.15) is 22.7 Å². The summed E-state index contributed by atoms with van der Waals surface area (Å²) in [6.45, 7) is 4.14. The molecule has 12 nitrogen and oxygen atoms in total. The highest BCUT2D eigenvalue weighted by Gasteiger charge is 2.59. The first-order valence-electron chi connectivity index (χ1n) is 12.4. The molecule has 2 aliphatic rings. The van der Waals surface area contributed by atoms with E-state index in [0.717, 1.165) is 11.8 Å². The highest BCUT2D eigenvalue weighted by molar-refractivity contribution is 8.02. The first-order chi connectivity index (χ1) is 18.5. The number of sulfone groups is 1. The van der Waals surface area contributed by atoms with Gasteiger partial charge < -0.3 is 30.7 Å². The van der Waals surface area contributed by atoms with E-state index in [-0.39, 0.29) is 22.8 Å². The summed E-state index contributed by atoms with van der Waals surface area (Å²) >= 11 is 1.14. The molecule has 4 N–H and O–H groups in total. The Labute approximate surface area is 230 Å². The number of amides is 2. The molecule has 0 aliphatic carbocycles. The lowest BCUT2D eigenvalue weighted by atomic mass is 9.91. The van der Waals surface area contributed by atoms with Crippen molar-refractivity contribution in [2.45, 2.75) is 35.2 Å². The van der Waals surface area contributed by atoms with Gasteiger partial charge in [-0.3, -0.25) is 9.78 Å². The van der Waals surface area contributed by atoms with Crippen molar-refractivity contribution in [3.8, 4) is 5.75 Å². The molecule has 2 saturated heterocycles. The van der Waals surface area contributed by atoms with Gasteiger partial charge in [0.25, 0.3) is 0 Å². The molecule has 0 saturated carbocycles. The lowest BCUT2D eigenvalue weighted by molar-refractivity contribution is -0.165. The van der Waals surface area contributed by atoms with Crippen molar-refractivity contribution >= 4 is 39.6 Å². The maximum absolute atomic E-state index is 12.8. The van der Waals surface area contributed by atoms with Gasteiger partial charge in [0.2, 0.25) is 5.91 Å². The molecule has 3 atom stereocenters. The molecule has 1 unspecified atom stereocenters. The second-order valence-electron chi connectivity index (χ2n) is 9.40. The zero-order valence-electron chi connectivity index (χ0n) is 21.4. The third-order valence-electron chi connectivity index (χ3n) is 6.83. The molecule has 4 rings (SSSR count). The number of piperazine rings is 1. The maximum Gasteiger partial charge on any atom is 0.415 e. The van der Waals surface area contributed by atoms with Crippen LogP contribution in [0.5, 0.6) is 5.75 Å². The maximum atomic E-state index is 12.8. The molecule has 1 aromatic carbocycles. The number of pyridine rings is 1. The van der Waals surface area contributed by atoms with E-state index >= 15 is 0 Å². The number of carbonyl (C=O) groups excluding carboxylic acids is 2. The van der Waals surface area contributed by atoms with Gasteiger partial charge in [0.15, 0.2) is 9.84 Å². The van der Waals surface area contributed by atoms with E-state index < -0.39 is 44.8 Å². The first-order valence-corrected chi connectivity index (χ1v) is 15.0. The normalized spacial score (nSPS) is 22.2. The molecule has 2 aliphatic heterocycles. The van der Waals surface area contributed by atoms with Crippen LogP contribution in [0, 0.1) is 0 Å². The molecule has 2 aromatic rings. The highest BCUT2D eigenvalue weighted by Crippen LogP contribution is 2.43. The van der Waals surface area contributed by atoms with Crippen LogP contribution in [0.2, 0.25) is 0 Å². The Morgan fingerprint density at radius 2 is 1.95 bits per heavy atom. The summed E-state index contributed by atoms with van der Waals surface area (Å²) in [5.74, 6) is -1.52. The SMILES string of the molecule is CC1(SCCS(=O)(=O)c2cccnc2)[C@H](N)C(=O)N1[C@@H](Cc1ccc(OC(=O)N2CCNCC2)cc1)C(=O)O. The van der Waals surface area contributed by atoms with Crippen LogP contribution in [-0.2, 0) is 25.8 Å². The second kappa shape index (κ2) is 11.9. The van der Waals surface area contributed by atoms with Gasteiger partial charge in [-0.2, -0.15) is 0 Å². The number of nitrogens with two attached hydrogens (primary N) is 1. The molecule has 2 amide bonds. The topological polar surface area (TPSA) is 172 Å². The van der Waals surface area contributed by atoms with Crippen LogP contribution in [0.15, 0.2) is 53.7 Å². The Bertz CT molecular complexity index is 1300. The minimum atomic E-state index is -3.61. The molecular weight excluding hydrogens is 546 g/mol. The van der Waals surface area contributed by atoms with Gasteiger partial charge in [-0.15, -0.1) is 11.8 Å². The Hall–Kier alpha value is -3.20. The fourth-order valence-corrected chi connectivity index (χ4v) is 7.53. The number of thioether (sulfide) groups is 1. The van der Waals surface area contributed by atoms with Gasteiger partial charge in [-0.25, -0.2) is 18.0 Å². The molecule has 0 bridgehead atoms. The van der Waals surface area contributed by atoms with Crippen LogP contribution >= 0.6 is 11.8 Å². The summed E-state index contributed by atoms with van der Waals surface area (Å²) in [6.07, 6.45) is 2.28. The van der Waals surface area contributed by atoms with Crippen molar-refractivity contribution in [2.75, 3.05) is 37.7 Å². The summed E-state index contributed by atoms with van der Waals surface area (Å²) in [5, 5.41) is 13.2. The number of nitrogens with zero attached hydrogens (tertiary/aromatic N) is 3. The number of aromatic nitrogens is 1. The number of hydrogen-bond donors (Lipinski definition) is 3. The summed E-state index contributed by atoms with van der Waals surface area (Å²) in [6, 6.07) is 7.24. The molecular formula is C25H31N5O7S2. The number of hydrogen-bond acceptors (Lipinski definition) is 10. The minimum Gasteiger partial charge on any atom is -0.480 e. The summed E-state index contributed by atoms with van der Waals surface area (Å²) in [7, 11) is -3.61. The number of carbonyl (C=O) groups is 3. The zero-order chi connectivity index (χ0) is 28.2. The fourth-order valence-electron chi connectivity index (χ4n) is 4.53. The number of nitrogens with one attached hydrogen (secondary N) is 1. The third-order valence-corrected chi connectivity index (χ3v) is 10.2. The summed E-state index contributed by atoms with van der Waals surface area (Å²) in [4.78, 5) is 43.0. The second-order valence-corrected chi connectivity index (χ2v) is 13.0. The predicted molar refractivity (Wildman–Crippen MR) is 144 cm³/mol. The van der Waals surface area contributed by atoms with Crippen LogP contribution in [0.4, 0.5) is 4.79 Å². The van der Waals surface area contributed by atoms with Crippen molar-refractivity contribution in [3.63, 3.8) is 0 Å². The standard InChI is InChI=1S/C25H31N5O7S2/c1-25(38-13-14-39(35,36)19-3-2-8-28-16-19)21(26)22(31)30(25)20(23(32)33)15-17-4-6-18(7-5-17)37-24(34)29-11-9-27-10-12-29/h2-8,16,20-21,27H,9-15,26H2,1H3,(H,32,33)/t20-,21+,25?/m0/s1. The molecule has 210 valence electrons. The monoisotopic (exact) mass is 577 g/mol. The Balaban J connectivity index is 1.40. The number of rotatable bonds is 10.